The SMILES string of the molecule is C.COC(=O)[C@@H]1CCCN1C(=O)CCCN(C(=O)OC(C)(C)C)c1cc(C)ccn1.COC(=O)[C@@H]1CCC[NH2+]1.Cc1ccnc(N(CCCC(=O)O)C(=O)OC(C)(C)C)c1.Cl.[3H][B][3H].[U]. The number of carboxylic acids is 1. The third kappa shape index (κ3) is 24.1. The van der Waals surface area contributed by atoms with E-state index < -0.39 is 35.4 Å². The summed E-state index contributed by atoms with van der Waals surface area (Å²) in [6.45, 7) is 16.7. The van der Waals surface area contributed by atoms with E-state index in [0.717, 1.165) is 36.9 Å². The van der Waals surface area contributed by atoms with Crippen molar-refractivity contribution < 1.29 is 89.3 Å². The normalized spacial score (nSPS) is 15.2. The number of ether oxygens (including phenoxy) is 4. The number of aryl methyl sites for hydroxylation is 2. The van der Waals surface area contributed by atoms with E-state index in [1.807, 2.05) is 31.3 Å². The molecule has 20 heteroatoms. The maximum absolute atomic E-state index is 12.7. The summed E-state index contributed by atoms with van der Waals surface area (Å²) in [4.78, 5) is 83.7. The molecule has 353 valence electrons. The number of rotatable bonds is 12. The summed E-state index contributed by atoms with van der Waals surface area (Å²) in [6, 6.07) is 6.83. The zero-order valence-electron chi connectivity index (χ0n) is 39.9. The third-order valence-corrected chi connectivity index (χ3v) is 8.85. The number of hydrogen-bond acceptors (Lipinski definition) is 12. The van der Waals surface area contributed by atoms with Crippen LogP contribution in [0.1, 0.15) is 111 Å². The summed E-state index contributed by atoms with van der Waals surface area (Å²) < 4.78 is 31.7. The topological polar surface area (TPSA) is 212 Å². The second-order valence-corrected chi connectivity index (χ2v) is 16.3. The molecule has 4 heterocycles. The standard InChI is InChI=1S/C21H31N3O5.C15H22N2O4.C6H11NO2.CH4.BH2.ClH.U/c1-15-10-11-22-17(14-15)24(20(27)29-21(2,3)4)13-7-9-18(25)23-12-6-8-16(23)19(26)28-5;1-11-7-8-16-12(10-11)17(9-5-6-13(18)19)14(20)21-15(2,3)4;1-9-6(8)5-3-2-4-7-5;;;;/h10-11,14,16H,6-9,12-13H2,1-5H3;7-8,10H,5-6,9H2,1-4H3,(H,18,19);5,7H,2-4H2,1H3;1H4;1H2;1H;/p+1/t16-;;5-;;;;/m0.0..../s1/i;;;;1T2;;. The molecule has 0 aliphatic carbocycles. The minimum absolute atomic E-state index is 0. The monoisotopic (exact) mass is 1140 g/mol. The van der Waals surface area contributed by atoms with E-state index in [9.17, 15) is 28.8 Å². The Morgan fingerprint density at radius 2 is 1.29 bits per heavy atom. The number of anilines is 2. The Hall–Kier alpha value is -3.91. The summed E-state index contributed by atoms with van der Waals surface area (Å²) in [5.74, 6) is -0.506. The van der Waals surface area contributed by atoms with Gasteiger partial charge >= 0.3 is 30.1 Å². The minimum atomic E-state index is -0.892. The number of amides is 3. The quantitative estimate of drug-likeness (QED) is 0.161. The maximum atomic E-state index is 12.7. The molecule has 2 fully saturated rings. The van der Waals surface area contributed by atoms with Crippen LogP contribution in [0.15, 0.2) is 36.7 Å². The number of carboxylic acid groups (broad SMARTS) is 1. The number of methoxy groups -OCH3 is 2. The van der Waals surface area contributed by atoms with Gasteiger partial charge in [0.2, 0.25) is 5.91 Å². The van der Waals surface area contributed by atoms with Gasteiger partial charge in [-0.1, -0.05) is 7.43 Å². The molecule has 4 rings (SSSR count). The number of nitrogens with zero attached hydrogens (tertiary/aromatic N) is 5. The molecule has 0 unspecified atom stereocenters. The Balaban J connectivity index is -0.000000932. The van der Waals surface area contributed by atoms with Crippen LogP contribution in [-0.4, -0.2) is 131 Å². The van der Waals surface area contributed by atoms with Crippen molar-refractivity contribution in [2.75, 3.05) is 50.2 Å². The Labute approximate surface area is 408 Å². The first kappa shape index (κ1) is 59.1. The zero-order chi connectivity index (χ0) is 47.0. The number of aliphatic carboxylic acids is 1. The van der Waals surface area contributed by atoms with Gasteiger partial charge in [-0.2, -0.15) is 0 Å². The molecule has 63 heavy (non-hydrogen) atoms. The van der Waals surface area contributed by atoms with Crippen molar-refractivity contribution in [1.29, 1.82) is 2.67 Å². The number of pyridine rings is 2. The van der Waals surface area contributed by atoms with Gasteiger partial charge in [0.15, 0.2) is 6.04 Å². The van der Waals surface area contributed by atoms with Crippen LogP contribution in [0.4, 0.5) is 21.2 Å². The molecule has 17 nitrogen and oxygen atoms in total. The fourth-order valence-electron chi connectivity index (χ4n) is 6.08. The molecule has 2 aromatic heterocycles. The number of aromatic nitrogens is 2. The van der Waals surface area contributed by atoms with Crippen molar-refractivity contribution in [3.63, 3.8) is 0 Å². The fraction of sp³-hybridized carbons (Fsp3) is 0.628. The van der Waals surface area contributed by atoms with Gasteiger partial charge in [0.05, 0.1) is 29.1 Å². The molecule has 0 saturated carbocycles. The van der Waals surface area contributed by atoms with Gasteiger partial charge in [0.25, 0.3) is 0 Å². The Bertz CT molecular complexity index is 1750. The zero-order valence-corrected chi connectivity index (χ0v) is 42.9. The average molecular weight is 1140 g/mol. The van der Waals surface area contributed by atoms with Crippen LogP contribution in [0.3, 0.4) is 0 Å². The van der Waals surface area contributed by atoms with Crippen molar-refractivity contribution in [2.24, 2.45) is 0 Å². The first-order chi connectivity index (χ1) is 29.1. The van der Waals surface area contributed by atoms with Crippen molar-refractivity contribution >= 4 is 68.4 Å². The van der Waals surface area contributed by atoms with Gasteiger partial charge in [-0.15, -0.1) is 12.4 Å². The number of nitrogens with two attached hydrogens (primary N) is 1. The van der Waals surface area contributed by atoms with Crippen LogP contribution in [0.5, 0.6) is 0 Å². The van der Waals surface area contributed by atoms with Gasteiger partial charge in [-0.3, -0.25) is 19.4 Å². The van der Waals surface area contributed by atoms with Crippen LogP contribution in [0, 0.1) is 45.0 Å². The molecule has 0 aromatic carbocycles. The first-order valence-electron chi connectivity index (χ1n) is 21.2. The van der Waals surface area contributed by atoms with Gasteiger partial charge in [-0.05, 0) is 119 Å². The van der Waals surface area contributed by atoms with Gasteiger partial charge in [0, 0.05) is 88.8 Å². The van der Waals surface area contributed by atoms with Gasteiger partial charge in [-0.25, -0.2) is 29.1 Å². The summed E-state index contributed by atoms with van der Waals surface area (Å²) in [5.41, 5.74) is 0.675. The fourth-order valence-corrected chi connectivity index (χ4v) is 6.08. The summed E-state index contributed by atoms with van der Waals surface area (Å²) >= 11 is 0. The maximum Gasteiger partial charge on any atom is 0.416 e. The number of esters is 2. The van der Waals surface area contributed by atoms with E-state index in [1.54, 1.807) is 71.0 Å². The predicted molar refractivity (Wildman–Crippen MR) is 242 cm³/mol. The summed E-state index contributed by atoms with van der Waals surface area (Å²) in [6.07, 6.45) is 6.72. The van der Waals surface area contributed by atoms with Gasteiger partial charge in [0.1, 0.15) is 28.9 Å². The smallest absolute Gasteiger partial charge is 0.416 e. The minimum Gasteiger partial charge on any atom is -0.481 e. The predicted octanol–water partition coefficient (Wildman–Crippen LogP) is 5.10. The van der Waals surface area contributed by atoms with E-state index in [4.69, 9.17) is 22.0 Å². The van der Waals surface area contributed by atoms with Crippen molar-refractivity contribution in [3.05, 3.63) is 47.8 Å². The van der Waals surface area contributed by atoms with E-state index in [2.05, 4.69) is 14.7 Å². The average Bonchev–Trinajstić information content (AvgIpc) is 3.91. The Kier molecular flexibility index (Phi) is 29.1. The molecule has 0 spiro atoms. The second-order valence-electron chi connectivity index (χ2n) is 16.3. The van der Waals surface area contributed by atoms with Crippen LogP contribution in [-0.2, 0) is 38.1 Å². The molecular formula is C43H72BClN6O11U+. The Morgan fingerprint density at radius 1 is 0.825 bits per heavy atom. The third-order valence-electron chi connectivity index (χ3n) is 8.85. The van der Waals surface area contributed by atoms with E-state index in [0.29, 0.717) is 45.8 Å². The molecule has 0 bridgehead atoms. The van der Waals surface area contributed by atoms with Gasteiger partial charge < -0.3 is 34.3 Å². The number of carbonyl (C=O) groups excluding carboxylic acids is 5. The van der Waals surface area contributed by atoms with E-state index in [-0.39, 0.29) is 101 Å². The van der Waals surface area contributed by atoms with Crippen LogP contribution in [0.25, 0.3) is 0 Å². The molecule has 1 radical (unpaired) electrons. The molecule has 3 N–H and O–H groups in total. The number of hydrogen-bond donors (Lipinski definition) is 2. The number of likely N-dealkylation sites (tertiary alicyclic amines) is 1. The number of halogens is 1. The summed E-state index contributed by atoms with van der Waals surface area (Å²) in [5, 5.41) is 10.7. The van der Waals surface area contributed by atoms with Crippen LogP contribution < -0.4 is 15.1 Å². The van der Waals surface area contributed by atoms with Crippen molar-refractivity contribution in [1.82, 2.24) is 14.9 Å². The molecule has 3 amide bonds. The van der Waals surface area contributed by atoms with Crippen LogP contribution in [0.2, 0.25) is 0 Å². The largest absolute Gasteiger partial charge is 0.481 e. The molecule has 2 aromatic rings. The molecule has 2 saturated heterocycles. The molecule has 2 aliphatic heterocycles. The van der Waals surface area contributed by atoms with Crippen molar-refractivity contribution in [3.8, 4) is 0 Å². The molecule has 2 atom stereocenters. The first-order valence-corrected chi connectivity index (χ1v) is 20.0. The Morgan fingerprint density at radius 3 is 1.67 bits per heavy atom. The van der Waals surface area contributed by atoms with E-state index >= 15 is 0 Å². The second kappa shape index (κ2) is 31.0. The van der Waals surface area contributed by atoms with E-state index in [1.165, 1.54) is 24.0 Å². The molecular weight excluding hydrogens is 1060 g/mol. The van der Waals surface area contributed by atoms with Crippen molar-refractivity contribution in [2.45, 2.75) is 137 Å². The van der Waals surface area contributed by atoms with Crippen LogP contribution >= 0.6 is 12.4 Å². The summed E-state index contributed by atoms with van der Waals surface area (Å²) in [7, 11) is 3.27. The number of carbonyl (C=O) groups is 6. The molecule has 2 aliphatic rings. The number of quaternary nitrogens is 1.